The maximum absolute atomic E-state index is 13.5. The van der Waals surface area contributed by atoms with E-state index in [0.717, 1.165) is 32.2 Å². The molecule has 0 spiro atoms. The highest BCUT2D eigenvalue weighted by Crippen LogP contribution is 2.24. The molecule has 5 aromatic rings. The summed E-state index contributed by atoms with van der Waals surface area (Å²) in [5.74, 6) is 0.434. The Morgan fingerprint density at radius 1 is 1.05 bits per heavy atom. The smallest absolute Gasteiger partial charge is 0.282 e. The minimum atomic E-state index is -0.417. The molecule has 5 rings (SSSR count). The molecule has 0 fully saturated rings. The largest absolute Gasteiger partial charge is 0.337 e. The first-order valence-electron chi connectivity index (χ1n) is 12.3. The van der Waals surface area contributed by atoms with Gasteiger partial charge in [-0.1, -0.05) is 72.6 Å². The number of aryl methyl sites for hydroxylation is 1. The number of hydrogen-bond donors (Lipinski definition) is 1. The molecule has 192 valence electrons. The summed E-state index contributed by atoms with van der Waals surface area (Å²) < 4.78 is 4.07. The topological polar surface area (TPSA) is 81.3 Å². The van der Waals surface area contributed by atoms with Gasteiger partial charge in [0.1, 0.15) is 12.4 Å². The molecule has 0 radical (unpaired) electrons. The molecule has 0 aliphatic carbocycles. The van der Waals surface area contributed by atoms with Crippen molar-refractivity contribution in [2.24, 2.45) is 5.10 Å². The standard InChI is InChI=1S/C30H28BrN5O2/c1-19-9-12-22(13-10-19)33-27(37)18-35-17-20(23-7-5-6-8-26(23)35)16-32-36-28(38)24-15-21(31)11-14-25(24)34-29(36)30(2,3)4/h5-17H,18H2,1-4H3,(H,33,37). The van der Waals surface area contributed by atoms with E-state index in [-0.39, 0.29) is 18.0 Å². The number of nitrogens with zero attached hydrogens (tertiary/aromatic N) is 4. The Morgan fingerprint density at radius 3 is 2.53 bits per heavy atom. The van der Waals surface area contributed by atoms with Crippen LogP contribution in [0.15, 0.2) is 87.3 Å². The molecule has 0 aliphatic rings. The predicted octanol–water partition coefficient (Wildman–Crippen LogP) is 6.24. The molecule has 0 bridgehead atoms. The Hall–Kier alpha value is -4.04. The quantitative estimate of drug-likeness (QED) is 0.254. The maximum Gasteiger partial charge on any atom is 0.282 e. The molecular formula is C30H28BrN5O2. The highest BCUT2D eigenvalue weighted by molar-refractivity contribution is 9.10. The number of carbonyl (C=O) groups excluding carboxylic acids is 1. The van der Waals surface area contributed by atoms with E-state index in [0.29, 0.717) is 16.7 Å². The van der Waals surface area contributed by atoms with Crippen molar-refractivity contribution in [3.05, 3.63) is 105 Å². The van der Waals surface area contributed by atoms with Gasteiger partial charge in [0.15, 0.2) is 0 Å². The maximum atomic E-state index is 13.5. The molecule has 0 atom stereocenters. The van der Waals surface area contributed by atoms with Crippen LogP contribution < -0.4 is 10.9 Å². The van der Waals surface area contributed by atoms with E-state index in [1.165, 1.54) is 4.68 Å². The third-order valence-electron chi connectivity index (χ3n) is 6.26. The molecular weight excluding hydrogens is 542 g/mol. The van der Waals surface area contributed by atoms with Gasteiger partial charge in [-0.3, -0.25) is 9.59 Å². The molecule has 2 heterocycles. The average molecular weight is 570 g/mol. The van der Waals surface area contributed by atoms with Crippen LogP contribution in [0.1, 0.15) is 37.7 Å². The number of anilines is 1. The summed E-state index contributed by atoms with van der Waals surface area (Å²) in [6.45, 7) is 8.16. The third kappa shape index (κ3) is 5.17. The van der Waals surface area contributed by atoms with E-state index < -0.39 is 5.41 Å². The van der Waals surface area contributed by atoms with Crippen molar-refractivity contribution in [3.8, 4) is 0 Å². The SMILES string of the molecule is Cc1ccc(NC(=O)Cn2cc(C=Nn3c(C(C)(C)C)nc4ccc(Br)cc4c3=O)c3ccccc32)cc1. The van der Waals surface area contributed by atoms with Crippen LogP contribution in [0.3, 0.4) is 0 Å². The third-order valence-corrected chi connectivity index (χ3v) is 6.75. The van der Waals surface area contributed by atoms with Gasteiger partial charge in [-0.25, -0.2) is 4.98 Å². The van der Waals surface area contributed by atoms with Crippen molar-refractivity contribution >= 4 is 55.5 Å². The van der Waals surface area contributed by atoms with Crippen LogP contribution >= 0.6 is 15.9 Å². The number of fused-ring (bicyclic) bond motifs is 2. The number of nitrogens with one attached hydrogen (secondary N) is 1. The monoisotopic (exact) mass is 569 g/mol. The fourth-order valence-electron chi connectivity index (χ4n) is 4.36. The first kappa shape index (κ1) is 25.6. The second kappa shape index (κ2) is 10.0. The van der Waals surface area contributed by atoms with Crippen LogP contribution in [0.25, 0.3) is 21.8 Å². The van der Waals surface area contributed by atoms with E-state index in [9.17, 15) is 9.59 Å². The zero-order chi connectivity index (χ0) is 27.0. The van der Waals surface area contributed by atoms with Crippen molar-refractivity contribution in [3.63, 3.8) is 0 Å². The summed E-state index contributed by atoms with van der Waals surface area (Å²) in [5, 5.41) is 9.00. The summed E-state index contributed by atoms with van der Waals surface area (Å²) >= 11 is 3.45. The van der Waals surface area contributed by atoms with Crippen LogP contribution in [0, 0.1) is 6.92 Å². The summed E-state index contributed by atoms with van der Waals surface area (Å²) in [7, 11) is 0. The van der Waals surface area contributed by atoms with Gasteiger partial charge in [-0.2, -0.15) is 9.78 Å². The minimum Gasteiger partial charge on any atom is -0.337 e. The molecule has 7 nitrogen and oxygen atoms in total. The normalized spacial score (nSPS) is 12.0. The number of amides is 1. The van der Waals surface area contributed by atoms with Gasteiger partial charge in [-0.15, -0.1) is 0 Å². The van der Waals surface area contributed by atoms with Crippen LogP contribution in [-0.4, -0.2) is 26.3 Å². The summed E-state index contributed by atoms with van der Waals surface area (Å²) in [6.07, 6.45) is 3.55. The highest BCUT2D eigenvalue weighted by Gasteiger charge is 2.23. The molecule has 0 saturated heterocycles. The van der Waals surface area contributed by atoms with E-state index >= 15 is 0 Å². The Bertz CT molecular complexity index is 1760. The molecule has 0 unspecified atom stereocenters. The number of rotatable bonds is 5. The van der Waals surface area contributed by atoms with Gasteiger partial charge < -0.3 is 9.88 Å². The molecule has 2 aromatic heterocycles. The second-order valence-electron chi connectivity index (χ2n) is 10.4. The molecule has 3 aromatic carbocycles. The van der Waals surface area contributed by atoms with Crippen molar-refractivity contribution < 1.29 is 4.79 Å². The zero-order valence-electron chi connectivity index (χ0n) is 21.7. The van der Waals surface area contributed by atoms with Crippen LogP contribution in [-0.2, 0) is 16.8 Å². The van der Waals surface area contributed by atoms with Gasteiger partial charge in [0.25, 0.3) is 5.56 Å². The Morgan fingerprint density at radius 2 is 1.79 bits per heavy atom. The number of hydrogen-bond acceptors (Lipinski definition) is 4. The molecule has 0 aliphatic heterocycles. The van der Waals surface area contributed by atoms with Crippen molar-refractivity contribution in [1.29, 1.82) is 0 Å². The lowest BCUT2D eigenvalue weighted by Crippen LogP contribution is -2.29. The average Bonchev–Trinajstić information content (AvgIpc) is 3.21. The van der Waals surface area contributed by atoms with Crippen molar-refractivity contribution in [1.82, 2.24) is 14.2 Å². The Labute approximate surface area is 229 Å². The first-order chi connectivity index (χ1) is 18.1. The summed E-state index contributed by atoms with van der Waals surface area (Å²) in [4.78, 5) is 31.1. The fourth-order valence-corrected chi connectivity index (χ4v) is 4.72. The zero-order valence-corrected chi connectivity index (χ0v) is 23.3. The van der Waals surface area contributed by atoms with E-state index in [1.807, 2.05) is 99.1 Å². The lowest BCUT2D eigenvalue weighted by atomic mass is 9.95. The molecule has 1 amide bonds. The van der Waals surface area contributed by atoms with E-state index in [1.54, 1.807) is 12.3 Å². The van der Waals surface area contributed by atoms with E-state index in [2.05, 4.69) is 26.3 Å². The van der Waals surface area contributed by atoms with E-state index in [4.69, 9.17) is 4.98 Å². The lowest BCUT2D eigenvalue weighted by molar-refractivity contribution is -0.116. The predicted molar refractivity (Wildman–Crippen MR) is 157 cm³/mol. The number of halogens is 1. The first-order valence-corrected chi connectivity index (χ1v) is 13.1. The second-order valence-corrected chi connectivity index (χ2v) is 11.3. The number of para-hydroxylation sites is 1. The Balaban J connectivity index is 1.53. The minimum absolute atomic E-state index is 0.131. The summed E-state index contributed by atoms with van der Waals surface area (Å²) in [6, 6.07) is 21.0. The van der Waals surface area contributed by atoms with Crippen molar-refractivity contribution in [2.45, 2.75) is 39.7 Å². The number of benzene rings is 3. The van der Waals surface area contributed by atoms with Crippen molar-refractivity contribution in [2.75, 3.05) is 5.32 Å². The van der Waals surface area contributed by atoms with Gasteiger partial charge in [0.05, 0.1) is 17.1 Å². The summed E-state index contributed by atoms with van der Waals surface area (Å²) in [5.41, 5.74) is 3.56. The molecule has 8 heteroatoms. The van der Waals surface area contributed by atoms with Gasteiger partial charge >= 0.3 is 0 Å². The van der Waals surface area contributed by atoms with Crippen LogP contribution in [0.2, 0.25) is 0 Å². The fraction of sp³-hybridized carbons (Fsp3) is 0.200. The Kier molecular flexibility index (Phi) is 6.75. The lowest BCUT2D eigenvalue weighted by Gasteiger charge is -2.20. The molecule has 38 heavy (non-hydrogen) atoms. The van der Waals surface area contributed by atoms with Gasteiger partial charge in [0, 0.05) is 38.2 Å². The van der Waals surface area contributed by atoms with Gasteiger partial charge in [0.2, 0.25) is 5.91 Å². The number of carbonyl (C=O) groups is 1. The highest BCUT2D eigenvalue weighted by atomic mass is 79.9. The van der Waals surface area contributed by atoms with Crippen LogP contribution in [0.4, 0.5) is 5.69 Å². The number of aromatic nitrogens is 3. The molecule has 0 saturated carbocycles. The van der Waals surface area contributed by atoms with Crippen LogP contribution in [0.5, 0.6) is 0 Å². The molecule has 1 N–H and O–H groups in total. The van der Waals surface area contributed by atoms with Gasteiger partial charge in [-0.05, 0) is 43.3 Å².